The van der Waals surface area contributed by atoms with E-state index in [1.54, 1.807) is 6.07 Å². The number of benzene rings is 2. The molecule has 0 aliphatic carbocycles. The van der Waals surface area contributed by atoms with Crippen molar-refractivity contribution in [2.45, 2.75) is 54.4 Å². The van der Waals surface area contributed by atoms with Crippen LogP contribution in [0.4, 0.5) is 17.6 Å². The van der Waals surface area contributed by atoms with Crippen LogP contribution in [0, 0.1) is 17.1 Å². The van der Waals surface area contributed by atoms with Crippen molar-refractivity contribution in [1.82, 2.24) is 15.0 Å². The van der Waals surface area contributed by atoms with Gasteiger partial charge in [-0.05, 0) is 37.6 Å². The minimum atomic E-state index is -4.71. The first-order valence-electron chi connectivity index (χ1n) is 12.0. The predicted molar refractivity (Wildman–Crippen MR) is 136 cm³/mol. The SMILES string of the molecule is CC(C)(O)C(c1ccccc1C(F)(F)F)[SH]1C[C@H](O)[C@H](n2cc(-c3ccc(C#N)c(F)c3)nn2)[C@@H](O)[C@H]1CO. The molecule has 210 valence electrons. The summed E-state index contributed by atoms with van der Waals surface area (Å²) >= 11 is 0. The maximum Gasteiger partial charge on any atom is 0.416 e. The van der Waals surface area contributed by atoms with E-state index in [1.807, 2.05) is 0 Å². The summed E-state index contributed by atoms with van der Waals surface area (Å²) in [7, 11) is -1.81. The van der Waals surface area contributed by atoms with Crippen LogP contribution in [-0.2, 0) is 6.18 Å². The lowest BCUT2D eigenvalue weighted by Crippen LogP contribution is -2.52. The Morgan fingerprint density at radius 2 is 1.87 bits per heavy atom. The molecule has 0 amide bonds. The van der Waals surface area contributed by atoms with Gasteiger partial charge in [0.05, 0.1) is 41.7 Å². The van der Waals surface area contributed by atoms with Gasteiger partial charge in [-0.2, -0.15) is 18.4 Å². The Hall–Kier alpha value is -3.02. The number of rotatable bonds is 6. The highest BCUT2D eigenvalue weighted by molar-refractivity contribution is 8.18. The molecule has 6 atom stereocenters. The summed E-state index contributed by atoms with van der Waals surface area (Å²) in [5.74, 6) is -0.867. The third kappa shape index (κ3) is 5.66. The monoisotopic (exact) mass is 568 g/mol. The van der Waals surface area contributed by atoms with E-state index in [4.69, 9.17) is 5.26 Å². The Morgan fingerprint density at radius 3 is 2.46 bits per heavy atom. The maximum atomic E-state index is 14.1. The van der Waals surface area contributed by atoms with Crippen molar-refractivity contribution in [1.29, 1.82) is 5.26 Å². The molecule has 4 rings (SSSR count). The number of halogens is 4. The van der Waals surface area contributed by atoms with Crippen molar-refractivity contribution in [2.24, 2.45) is 0 Å². The molecule has 0 radical (unpaired) electrons. The molecule has 13 heteroatoms. The Bertz CT molecular complexity index is 1370. The molecule has 4 N–H and O–H groups in total. The van der Waals surface area contributed by atoms with Gasteiger partial charge in [-0.3, -0.25) is 0 Å². The lowest BCUT2D eigenvalue weighted by atomic mass is 9.93. The smallest absolute Gasteiger partial charge is 0.395 e. The first kappa shape index (κ1) is 29.0. The summed E-state index contributed by atoms with van der Waals surface area (Å²) in [5, 5.41) is 58.6. The Kier molecular flexibility index (Phi) is 8.07. The molecule has 1 aromatic heterocycles. The third-order valence-electron chi connectivity index (χ3n) is 6.91. The fourth-order valence-electron chi connectivity index (χ4n) is 5.23. The molecule has 0 spiro atoms. The fraction of sp³-hybridized carbons (Fsp3) is 0.423. The van der Waals surface area contributed by atoms with E-state index >= 15 is 0 Å². The first-order chi connectivity index (χ1) is 18.3. The summed E-state index contributed by atoms with van der Waals surface area (Å²) < 4.78 is 57.0. The minimum Gasteiger partial charge on any atom is -0.395 e. The molecule has 2 aromatic carbocycles. The van der Waals surface area contributed by atoms with Crippen LogP contribution in [-0.4, -0.2) is 70.8 Å². The van der Waals surface area contributed by atoms with E-state index in [2.05, 4.69) is 10.3 Å². The number of alkyl halides is 3. The average molecular weight is 569 g/mol. The van der Waals surface area contributed by atoms with Crippen LogP contribution in [0.15, 0.2) is 48.7 Å². The van der Waals surface area contributed by atoms with Gasteiger partial charge in [0.25, 0.3) is 0 Å². The van der Waals surface area contributed by atoms with Crippen molar-refractivity contribution < 1.29 is 38.0 Å². The van der Waals surface area contributed by atoms with Crippen molar-refractivity contribution >= 4 is 10.9 Å². The topological polar surface area (TPSA) is 135 Å². The van der Waals surface area contributed by atoms with Gasteiger partial charge in [-0.1, -0.05) is 29.5 Å². The van der Waals surface area contributed by atoms with Gasteiger partial charge in [-0.25, -0.2) is 20.0 Å². The molecule has 39 heavy (non-hydrogen) atoms. The Balaban J connectivity index is 1.70. The number of hydrogen-bond acceptors (Lipinski definition) is 7. The summed E-state index contributed by atoms with van der Waals surface area (Å²) in [6.45, 7) is 2.12. The zero-order chi connectivity index (χ0) is 28.7. The molecular weight excluding hydrogens is 540 g/mol. The highest BCUT2D eigenvalue weighted by Gasteiger charge is 2.50. The first-order valence-corrected chi connectivity index (χ1v) is 13.7. The normalized spacial score (nSPS) is 25.7. The van der Waals surface area contributed by atoms with E-state index in [1.165, 1.54) is 55.1 Å². The fourth-order valence-corrected chi connectivity index (χ4v) is 8.92. The van der Waals surface area contributed by atoms with Crippen LogP contribution in [0.3, 0.4) is 0 Å². The molecule has 2 unspecified atom stereocenters. The lowest BCUT2D eigenvalue weighted by Gasteiger charge is -2.51. The summed E-state index contributed by atoms with van der Waals surface area (Å²) in [5.41, 5.74) is -2.46. The van der Waals surface area contributed by atoms with Gasteiger partial charge in [0.1, 0.15) is 23.6 Å². The second-order valence-corrected chi connectivity index (χ2v) is 12.6. The van der Waals surface area contributed by atoms with E-state index in [0.29, 0.717) is 5.56 Å². The van der Waals surface area contributed by atoms with Gasteiger partial charge in [0.15, 0.2) is 0 Å². The molecule has 3 aromatic rings. The number of hydrogen-bond donors (Lipinski definition) is 5. The van der Waals surface area contributed by atoms with Gasteiger partial charge in [0.2, 0.25) is 0 Å². The highest BCUT2D eigenvalue weighted by Crippen LogP contribution is 2.58. The van der Waals surface area contributed by atoms with Crippen LogP contribution in [0.25, 0.3) is 11.3 Å². The number of aliphatic hydroxyl groups excluding tert-OH is 3. The van der Waals surface area contributed by atoms with Crippen LogP contribution in [0.1, 0.15) is 41.8 Å². The molecule has 1 fully saturated rings. The van der Waals surface area contributed by atoms with Gasteiger partial charge in [-0.15, -0.1) is 5.10 Å². The molecule has 8 nitrogen and oxygen atoms in total. The molecule has 0 bridgehead atoms. The molecule has 1 saturated heterocycles. The highest BCUT2D eigenvalue weighted by atomic mass is 32.2. The standard InChI is InChI=1S/C26H28F4N4O4S/c1-25(2,38)24(16-5-3-4-6-17(16)26(28,29)30)39-13-20(36)22(23(37)21(39)12-35)34-11-19(32-33-34)14-7-8-15(10-31)18(27)9-14/h3-9,11,20-24,35-39H,12-13H2,1-2H3/t20-,21+,22-,23-,24?/m0/s1. The number of aromatic nitrogens is 3. The van der Waals surface area contributed by atoms with Crippen LogP contribution >= 0.6 is 10.9 Å². The van der Waals surface area contributed by atoms with Crippen molar-refractivity contribution in [3.63, 3.8) is 0 Å². The number of nitrogens with zero attached hydrogens (tertiary/aromatic N) is 4. The lowest BCUT2D eigenvalue weighted by molar-refractivity contribution is -0.138. The van der Waals surface area contributed by atoms with Crippen molar-refractivity contribution in [2.75, 3.05) is 12.4 Å². The molecule has 1 aliphatic heterocycles. The van der Waals surface area contributed by atoms with E-state index in [-0.39, 0.29) is 22.6 Å². The predicted octanol–water partition coefficient (Wildman–Crippen LogP) is 3.13. The van der Waals surface area contributed by atoms with Gasteiger partial charge >= 0.3 is 6.18 Å². The Labute approximate surface area is 224 Å². The molecule has 1 aliphatic rings. The maximum absolute atomic E-state index is 14.1. The molecular formula is C26H28F4N4O4S. The largest absolute Gasteiger partial charge is 0.416 e. The van der Waals surface area contributed by atoms with E-state index in [9.17, 15) is 38.0 Å². The van der Waals surface area contributed by atoms with E-state index < -0.39 is 69.4 Å². The quantitative estimate of drug-likeness (QED) is 0.228. The zero-order valence-electron chi connectivity index (χ0n) is 21.0. The second kappa shape index (κ2) is 10.9. The van der Waals surface area contributed by atoms with Crippen molar-refractivity contribution in [3.8, 4) is 17.3 Å². The molecule has 0 saturated carbocycles. The van der Waals surface area contributed by atoms with Crippen LogP contribution < -0.4 is 0 Å². The van der Waals surface area contributed by atoms with Gasteiger partial charge in [0, 0.05) is 21.8 Å². The minimum absolute atomic E-state index is 0.107. The summed E-state index contributed by atoms with van der Waals surface area (Å²) in [6, 6.07) is 9.29. The Morgan fingerprint density at radius 1 is 1.18 bits per heavy atom. The van der Waals surface area contributed by atoms with Crippen molar-refractivity contribution in [3.05, 3.63) is 71.2 Å². The van der Waals surface area contributed by atoms with Crippen LogP contribution in [0.5, 0.6) is 0 Å². The average Bonchev–Trinajstić information content (AvgIpc) is 3.32. The number of aliphatic hydroxyl groups is 4. The molecule has 2 heterocycles. The van der Waals surface area contributed by atoms with E-state index in [0.717, 1.165) is 12.1 Å². The number of thiol groups is 1. The number of nitriles is 1. The van der Waals surface area contributed by atoms with Gasteiger partial charge < -0.3 is 20.4 Å². The summed E-state index contributed by atoms with van der Waals surface area (Å²) in [6.07, 6.45) is -6.11. The second-order valence-electron chi connectivity index (χ2n) is 10.0. The summed E-state index contributed by atoms with van der Waals surface area (Å²) in [4.78, 5) is 0. The van der Waals surface area contributed by atoms with Crippen LogP contribution in [0.2, 0.25) is 0 Å². The zero-order valence-corrected chi connectivity index (χ0v) is 21.9. The third-order valence-corrected chi connectivity index (χ3v) is 10.6.